The van der Waals surface area contributed by atoms with Crippen LogP contribution in [-0.4, -0.2) is 56.0 Å². The molecule has 0 spiro atoms. The predicted octanol–water partition coefficient (Wildman–Crippen LogP) is 3.44. The van der Waals surface area contributed by atoms with Gasteiger partial charge in [-0.05, 0) is 43.2 Å². The van der Waals surface area contributed by atoms with Crippen LogP contribution < -0.4 is 5.48 Å². The molecule has 2 aromatic rings. The van der Waals surface area contributed by atoms with Crippen molar-refractivity contribution in [1.29, 1.82) is 0 Å². The maximum atomic E-state index is 13.4. The number of hydroxylamine groups is 1. The average molecular weight is 487 g/mol. The van der Waals surface area contributed by atoms with Gasteiger partial charge in [-0.1, -0.05) is 23.7 Å². The summed E-state index contributed by atoms with van der Waals surface area (Å²) in [5.74, 6) is -1.13. The van der Waals surface area contributed by atoms with E-state index < -0.39 is 33.0 Å². The molecule has 1 saturated heterocycles. The summed E-state index contributed by atoms with van der Waals surface area (Å²) >= 11 is 7.21. The van der Waals surface area contributed by atoms with Crippen LogP contribution in [0.5, 0.6) is 0 Å². The van der Waals surface area contributed by atoms with Gasteiger partial charge in [-0.2, -0.15) is 0 Å². The molecule has 11 heteroatoms. The van der Waals surface area contributed by atoms with E-state index >= 15 is 0 Å². The number of carbonyl (C=O) groups excluding carboxylic acids is 2. The average Bonchev–Trinajstić information content (AvgIpc) is 3.18. The normalized spacial score (nSPS) is 20.7. The molecular formula is C20H23ClN2O6S2. The molecule has 0 saturated carbocycles. The summed E-state index contributed by atoms with van der Waals surface area (Å²) in [5.41, 5.74) is 2.41. The number of hydrogen-bond acceptors (Lipinski definition) is 7. The van der Waals surface area contributed by atoms with Gasteiger partial charge >= 0.3 is 6.09 Å². The lowest BCUT2D eigenvalue weighted by Gasteiger charge is -2.30. The molecule has 31 heavy (non-hydrogen) atoms. The highest BCUT2D eigenvalue weighted by Gasteiger charge is 2.50. The van der Waals surface area contributed by atoms with Crippen LogP contribution in [0.4, 0.5) is 4.79 Å². The highest BCUT2D eigenvalue weighted by molar-refractivity contribution is 7.92. The van der Waals surface area contributed by atoms with Crippen LogP contribution >= 0.6 is 22.9 Å². The number of hydrogen-bond donors (Lipinski definition) is 2. The summed E-state index contributed by atoms with van der Waals surface area (Å²) in [4.78, 5) is 27.0. The summed E-state index contributed by atoms with van der Waals surface area (Å²) in [6.45, 7) is 1.92. The Morgan fingerprint density at radius 1 is 1.23 bits per heavy atom. The number of benzene rings is 1. The predicted molar refractivity (Wildman–Crippen MR) is 118 cm³/mol. The minimum Gasteiger partial charge on any atom is -0.450 e. The van der Waals surface area contributed by atoms with Gasteiger partial charge in [0.25, 0.3) is 0 Å². The third-order valence-electron chi connectivity index (χ3n) is 5.29. The van der Waals surface area contributed by atoms with E-state index in [2.05, 4.69) is 0 Å². The number of carbonyl (C=O) groups is 2. The van der Waals surface area contributed by atoms with Crippen molar-refractivity contribution in [3.63, 3.8) is 0 Å². The first-order valence-corrected chi connectivity index (χ1v) is 12.5. The monoisotopic (exact) mass is 486 g/mol. The van der Waals surface area contributed by atoms with E-state index in [0.717, 1.165) is 10.4 Å². The van der Waals surface area contributed by atoms with Gasteiger partial charge in [-0.3, -0.25) is 10.0 Å². The van der Waals surface area contributed by atoms with E-state index in [1.54, 1.807) is 36.7 Å². The molecule has 168 valence electrons. The Labute approximate surface area is 189 Å². The first-order valence-electron chi connectivity index (χ1n) is 9.65. The molecule has 0 aliphatic carbocycles. The van der Waals surface area contributed by atoms with E-state index in [0.29, 0.717) is 9.90 Å². The first-order chi connectivity index (χ1) is 14.7. The van der Waals surface area contributed by atoms with Crippen molar-refractivity contribution in [3.05, 3.63) is 46.3 Å². The number of nitrogens with one attached hydrogen (secondary N) is 1. The zero-order chi connectivity index (χ0) is 22.6. The van der Waals surface area contributed by atoms with E-state index in [4.69, 9.17) is 21.5 Å². The van der Waals surface area contributed by atoms with Crippen molar-refractivity contribution in [3.8, 4) is 10.4 Å². The fourth-order valence-electron chi connectivity index (χ4n) is 3.62. The van der Waals surface area contributed by atoms with Gasteiger partial charge in [-0.15, -0.1) is 11.3 Å². The van der Waals surface area contributed by atoms with Crippen molar-refractivity contribution in [2.45, 2.75) is 24.5 Å². The van der Waals surface area contributed by atoms with Crippen molar-refractivity contribution in [2.75, 3.05) is 25.4 Å². The van der Waals surface area contributed by atoms with Crippen LogP contribution in [0, 0.1) is 0 Å². The van der Waals surface area contributed by atoms with Gasteiger partial charge < -0.3 is 9.64 Å². The summed E-state index contributed by atoms with van der Waals surface area (Å²) in [7, 11) is -3.87. The summed E-state index contributed by atoms with van der Waals surface area (Å²) in [6, 6.07) is 10.6. The number of amides is 2. The quantitative estimate of drug-likeness (QED) is 0.494. The van der Waals surface area contributed by atoms with Gasteiger partial charge in [-0.25, -0.2) is 18.7 Å². The second-order valence-electron chi connectivity index (χ2n) is 7.13. The zero-order valence-corrected chi connectivity index (χ0v) is 19.2. The molecule has 1 aromatic carbocycles. The summed E-state index contributed by atoms with van der Waals surface area (Å²) in [6.07, 6.45) is -1.04. The molecule has 1 aliphatic rings. The van der Waals surface area contributed by atoms with Gasteiger partial charge in [0, 0.05) is 27.9 Å². The lowest BCUT2D eigenvalue weighted by Crippen LogP contribution is -2.41. The van der Waals surface area contributed by atoms with Crippen LogP contribution in [0.1, 0.15) is 24.6 Å². The number of halogens is 1. The van der Waals surface area contributed by atoms with E-state index in [9.17, 15) is 18.0 Å². The standard InChI is InChI=1S/C20H23ClN2O6S2/c1-2-29-19(25)23-10-9-20(13-18(24)22-26,31(27,28)12-11-23)17-8-7-16(30-17)14-3-5-15(21)6-4-14/h3-8,26H,2,9-13H2,1H3,(H,22,24)/t20-/m0/s1. The van der Waals surface area contributed by atoms with Crippen molar-refractivity contribution >= 4 is 44.8 Å². The molecule has 0 unspecified atom stereocenters. The highest BCUT2D eigenvalue weighted by Crippen LogP contribution is 2.45. The van der Waals surface area contributed by atoms with Crippen LogP contribution in [0.2, 0.25) is 5.02 Å². The first kappa shape index (κ1) is 23.5. The molecule has 1 aliphatic heterocycles. The lowest BCUT2D eigenvalue weighted by atomic mass is 9.97. The van der Waals surface area contributed by atoms with Crippen molar-refractivity contribution in [1.82, 2.24) is 10.4 Å². The van der Waals surface area contributed by atoms with Gasteiger partial charge in [0.15, 0.2) is 9.84 Å². The number of nitrogens with zero attached hydrogens (tertiary/aromatic N) is 1. The molecule has 2 amide bonds. The van der Waals surface area contributed by atoms with E-state index in [1.807, 2.05) is 12.1 Å². The maximum absolute atomic E-state index is 13.4. The Morgan fingerprint density at radius 2 is 1.94 bits per heavy atom. The lowest BCUT2D eigenvalue weighted by molar-refractivity contribution is -0.129. The molecule has 2 N–H and O–H groups in total. The number of thiophene rings is 1. The summed E-state index contributed by atoms with van der Waals surface area (Å²) < 4.78 is 30.3. The largest absolute Gasteiger partial charge is 0.450 e. The smallest absolute Gasteiger partial charge is 0.409 e. The molecule has 0 bridgehead atoms. The molecule has 0 radical (unpaired) electrons. The minimum absolute atomic E-state index is 0.00212. The second kappa shape index (κ2) is 9.56. The van der Waals surface area contributed by atoms with E-state index in [1.165, 1.54) is 16.2 Å². The Morgan fingerprint density at radius 3 is 2.58 bits per heavy atom. The highest BCUT2D eigenvalue weighted by atomic mass is 35.5. The third-order valence-corrected chi connectivity index (χ3v) is 9.49. The van der Waals surface area contributed by atoms with Crippen molar-refractivity contribution in [2.24, 2.45) is 0 Å². The Balaban J connectivity index is 2.04. The molecule has 2 heterocycles. The zero-order valence-electron chi connectivity index (χ0n) is 16.8. The number of ether oxygens (including phenoxy) is 1. The molecule has 1 fully saturated rings. The fraction of sp³-hybridized carbons (Fsp3) is 0.400. The van der Waals surface area contributed by atoms with E-state index in [-0.39, 0.29) is 31.9 Å². The van der Waals surface area contributed by atoms with Crippen LogP contribution in [-0.2, 0) is 24.1 Å². The number of sulfone groups is 1. The van der Waals surface area contributed by atoms with Crippen molar-refractivity contribution < 1.29 is 28.0 Å². The fourth-order valence-corrected chi connectivity index (χ4v) is 7.35. The molecule has 3 rings (SSSR count). The molecule has 1 atom stereocenters. The van der Waals surface area contributed by atoms with Crippen LogP contribution in [0.15, 0.2) is 36.4 Å². The number of rotatable bonds is 5. The Hall–Kier alpha value is -2.14. The SMILES string of the molecule is CCOC(=O)N1CC[C@](CC(=O)NO)(c2ccc(-c3ccc(Cl)cc3)s2)S(=O)(=O)CC1. The summed E-state index contributed by atoms with van der Waals surface area (Å²) in [5, 5.41) is 9.68. The van der Waals surface area contributed by atoms with Crippen LogP contribution in [0.3, 0.4) is 0 Å². The minimum atomic E-state index is -3.87. The Bertz CT molecular complexity index is 1050. The second-order valence-corrected chi connectivity index (χ2v) is 11.1. The van der Waals surface area contributed by atoms with Crippen LogP contribution in [0.25, 0.3) is 10.4 Å². The van der Waals surface area contributed by atoms with Gasteiger partial charge in [0.2, 0.25) is 5.91 Å². The topological polar surface area (TPSA) is 113 Å². The molecular weight excluding hydrogens is 464 g/mol. The Kier molecular flexibility index (Phi) is 7.25. The van der Waals surface area contributed by atoms with Gasteiger partial charge in [0.05, 0.1) is 18.8 Å². The van der Waals surface area contributed by atoms with Gasteiger partial charge in [0.1, 0.15) is 4.75 Å². The maximum Gasteiger partial charge on any atom is 0.409 e. The molecule has 1 aromatic heterocycles. The molecule has 8 nitrogen and oxygen atoms in total. The third kappa shape index (κ3) is 4.87.